The first kappa shape index (κ1) is 17.8. The highest BCUT2D eigenvalue weighted by Crippen LogP contribution is 2.29. The molecule has 0 bridgehead atoms. The molecule has 148 valence electrons. The van der Waals surface area contributed by atoms with Gasteiger partial charge in [0.15, 0.2) is 5.82 Å². The molecule has 4 aromatic rings. The number of imidazole rings is 1. The van der Waals surface area contributed by atoms with Crippen molar-refractivity contribution in [3.05, 3.63) is 70.9 Å². The summed E-state index contributed by atoms with van der Waals surface area (Å²) >= 11 is 0. The van der Waals surface area contributed by atoms with Crippen molar-refractivity contribution >= 4 is 11.0 Å². The van der Waals surface area contributed by atoms with Gasteiger partial charge in [-0.05, 0) is 54.5 Å². The molecule has 1 aliphatic heterocycles. The zero-order chi connectivity index (χ0) is 19.8. The van der Waals surface area contributed by atoms with Crippen molar-refractivity contribution in [3.63, 3.8) is 0 Å². The molecule has 3 heterocycles. The summed E-state index contributed by atoms with van der Waals surface area (Å²) < 4.78 is 3.73. The molecule has 1 unspecified atom stereocenters. The van der Waals surface area contributed by atoms with Crippen molar-refractivity contribution in [2.45, 2.75) is 31.8 Å². The van der Waals surface area contributed by atoms with Crippen LogP contribution in [-0.2, 0) is 0 Å². The fourth-order valence-electron chi connectivity index (χ4n) is 4.34. The molecule has 2 aromatic carbocycles. The molecular formula is C21H23N7O. The number of H-pyrrole nitrogens is 1. The van der Waals surface area contributed by atoms with Gasteiger partial charge in [-0.15, -0.1) is 5.10 Å². The van der Waals surface area contributed by atoms with Crippen LogP contribution in [0.2, 0.25) is 0 Å². The van der Waals surface area contributed by atoms with Crippen LogP contribution < -0.4 is 5.69 Å². The van der Waals surface area contributed by atoms with E-state index in [-0.39, 0.29) is 17.8 Å². The Bertz CT molecular complexity index is 1170. The number of nitrogens with zero attached hydrogens (tertiary/aromatic N) is 6. The molecule has 0 aliphatic carbocycles. The Kier molecular flexibility index (Phi) is 4.48. The largest absolute Gasteiger partial charge is 0.326 e. The second-order valence-electron chi connectivity index (χ2n) is 7.54. The molecule has 0 saturated carbocycles. The lowest BCUT2D eigenvalue weighted by Crippen LogP contribution is -2.39. The van der Waals surface area contributed by atoms with Gasteiger partial charge in [0.25, 0.3) is 0 Å². The Morgan fingerprint density at radius 2 is 1.76 bits per heavy atom. The minimum absolute atomic E-state index is 0.0225. The van der Waals surface area contributed by atoms with Crippen molar-refractivity contribution in [3.8, 4) is 5.69 Å². The number of tetrazole rings is 1. The van der Waals surface area contributed by atoms with Crippen LogP contribution in [0.5, 0.6) is 0 Å². The predicted molar refractivity (Wildman–Crippen MR) is 110 cm³/mol. The number of para-hydroxylation sites is 3. The number of hydrogen-bond donors (Lipinski definition) is 1. The number of nitrogens with one attached hydrogen (secondary N) is 1. The average molecular weight is 389 g/mol. The molecule has 1 saturated heterocycles. The van der Waals surface area contributed by atoms with Crippen molar-refractivity contribution in [2.75, 3.05) is 13.1 Å². The second kappa shape index (κ2) is 7.29. The van der Waals surface area contributed by atoms with Gasteiger partial charge in [0.2, 0.25) is 0 Å². The van der Waals surface area contributed by atoms with Gasteiger partial charge in [0.05, 0.1) is 22.8 Å². The lowest BCUT2D eigenvalue weighted by Gasteiger charge is -2.35. The Balaban J connectivity index is 1.34. The number of hydrogen-bond acceptors (Lipinski definition) is 5. The monoisotopic (exact) mass is 389 g/mol. The molecule has 8 nitrogen and oxygen atoms in total. The molecule has 0 radical (unpaired) electrons. The van der Waals surface area contributed by atoms with Gasteiger partial charge < -0.3 is 4.98 Å². The molecule has 8 heteroatoms. The summed E-state index contributed by atoms with van der Waals surface area (Å²) in [6.45, 7) is 3.92. The van der Waals surface area contributed by atoms with Crippen LogP contribution in [0, 0.1) is 0 Å². The van der Waals surface area contributed by atoms with Gasteiger partial charge in [-0.1, -0.05) is 30.3 Å². The lowest BCUT2D eigenvalue weighted by molar-refractivity contribution is 0.137. The number of rotatable bonds is 4. The smallest absolute Gasteiger partial charge is 0.306 e. The lowest BCUT2D eigenvalue weighted by atomic mass is 10.0. The van der Waals surface area contributed by atoms with Crippen LogP contribution in [0.4, 0.5) is 0 Å². The number of aromatic nitrogens is 6. The van der Waals surface area contributed by atoms with Crippen LogP contribution in [0.25, 0.3) is 16.7 Å². The van der Waals surface area contributed by atoms with Crippen LogP contribution in [0.3, 0.4) is 0 Å². The van der Waals surface area contributed by atoms with Crippen LogP contribution in [0.1, 0.15) is 37.7 Å². The Labute approximate surface area is 167 Å². The molecule has 5 rings (SSSR count). The first-order chi connectivity index (χ1) is 14.2. The second-order valence-corrected chi connectivity index (χ2v) is 7.54. The SMILES string of the molecule is CC(c1nnnn1-c1ccccc1)N1CCC(n2c(=O)[nH]c3ccccc32)CC1. The first-order valence-corrected chi connectivity index (χ1v) is 9.99. The molecule has 0 spiro atoms. The van der Waals surface area contributed by atoms with Crippen molar-refractivity contribution in [2.24, 2.45) is 0 Å². The van der Waals surface area contributed by atoms with E-state index >= 15 is 0 Å². The quantitative estimate of drug-likeness (QED) is 0.580. The Morgan fingerprint density at radius 1 is 1.03 bits per heavy atom. The molecule has 0 amide bonds. The van der Waals surface area contributed by atoms with E-state index in [1.54, 1.807) is 4.68 Å². The third-order valence-corrected chi connectivity index (χ3v) is 5.90. The normalized spacial score (nSPS) is 17.0. The van der Waals surface area contributed by atoms with E-state index in [1.807, 2.05) is 59.2 Å². The van der Waals surface area contributed by atoms with Gasteiger partial charge in [0, 0.05) is 19.1 Å². The number of fused-ring (bicyclic) bond motifs is 1. The van der Waals surface area contributed by atoms with Crippen molar-refractivity contribution in [1.29, 1.82) is 0 Å². The predicted octanol–water partition coefficient (Wildman–Crippen LogP) is 2.70. The fraction of sp³-hybridized carbons (Fsp3) is 0.333. The van der Waals surface area contributed by atoms with Gasteiger partial charge in [-0.2, -0.15) is 4.68 Å². The van der Waals surface area contributed by atoms with Gasteiger partial charge in [-0.3, -0.25) is 9.47 Å². The Hall–Kier alpha value is -3.26. The summed E-state index contributed by atoms with van der Waals surface area (Å²) in [7, 11) is 0. The highest BCUT2D eigenvalue weighted by Gasteiger charge is 2.29. The number of piperidine rings is 1. The van der Waals surface area contributed by atoms with Crippen molar-refractivity contribution in [1.82, 2.24) is 34.7 Å². The van der Waals surface area contributed by atoms with Crippen LogP contribution in [-0.4, -0.2) is 47.7 Å². The summed E-state index contributed by atoms with van der Waals surface area (Å²) in [4.78, 5) is 17.9. The third kappa shape index (κ3) is 3.15. The number of benzene rings is 2. The molecule has 2 aromatic heterocycles. The highest BCUT2D eigenvalue weighted by molar-refractivity contribution is 5.75. The standard InChI is InChI=1S/C21H23N7O/c1-15(20-23-24-25-28(20)17-7-3-2-4-8-17)26-13-11-16(12-14-26)27-19-10-6-5-9-18(19)22-21(27)29/h2-10,15-16H,11-14H2,1H3,(H,22,29). The van der Waals surface area contributed by atoms with E-state index in [4.69, 9.17) is 0 Å². The minimum atomic E-state index is -0.0225. The fourth-order valence-corrected chi connectivity index (χ4v) is 4.34. The number of aromatic amines is 1. The van der Waals surface area contributed by atoms with E-state index in [1.165, 1.54) is 0 Å². The summed E-state index contributed by atoms with van der Waals surface area (Å²) in [6.07, 6.45) is 1.83. The third-order valence-electron chi connectivity index (χ3n) is 5.90. The van der Waals surface area contributed by atoms with E-state index in [0.29, 0.717) is 0 Å². The maximum Gasteiger partial charge on any atom is 0.326 e. The summed E-state index contributed by atoms with van der Waals surface area (Å²) in [5, 5.41) is 12.4. The number of likely N-dealkylation sites (tertiary alicyclic amines) is 1. The maximum atomic E-state index is 12.5. The van der Waals surface area contributed by atoms with E-state index in [9.17, 15) is 4.79 Å². The summed E-state index contributed by atoms with van der Waals surface area (Å²) in [5.74, 6) is 0.832. The topological polar surface area (TPSA) is 84.6 Å². The highest BCUT2D eigenvalue weighted by atomic mass is 16.1. The minimum Gasteiger partial charge on any atom is -0.306 e. The molecule has 1 aliphatic rings. The molecule has 1 atom stereocenters. The van der Waals surface area contributed by atoms with E-state index < -0.39 is 0 Å². The van der Waals surface area contributed by atoms with Gasteiger partial charge >= 0.3 is 5.69 Å². The Morgan fingerprint density at radius 3 is 2.55 bits per heavy atom. The summed E-state index contributed by atoms with van der Waals surface area (Å²) in [6, 6.07) is 18.1. The van der Waals surface area contributed by atoms with Crippen LogP contribution in [0.15, 0.2) is 59.4 Å². The van der Waals surface area contributed by atoms with Gasteiger partial charge in [0.1, 0.15) is 0 Å². The first-order valence-electron chi connectivity index (χ1n) is 9.99. The molecule has 29 heavy (non-hydrogen) atoms. The van der Waals surface area contributed by atoms with E-state index in [0.717, 1.165) is 48.5 Å². The summed E-state index contributed by atoms with van der Waals surface area (Å²) in [5.41, 5.74) is 2.82. The van der Waals surface area contributed by atoms with Gasteiger partial charge in [-0.25, -0.2) is 4.79 Å². The van der Waals surface area contributed by atoms with Crippen LogP contribution >= 0.6 is 0 Å². The average Bonchev–Trinajstić information content (AvgIpc) is 3.38. The maximum absolute atomic E-state index is 12.5. The molecular weight excluding hydrogens is 366 g/mol. The molecule has 1 fully saturated rings. The zero-order valence-corrected chi connectivity index (χ0v) is 16.3. The zero-order valence-electron chi connectivity index (χ0n) is 16.3. The van der Waals surface area contributed by atoms with E-state index in [2.05, 4.69) is 32.3 Å². The van der Waals surface area contributed by atoms with Crippen molar-refractivity contribution < 1.29 is 0 Å². The molecule has 1 N–H and O–H groups in total.